The second-order valence-corrected chi connectivity index (χ2v) is 7.15. The van der Waals surface area contributed by atoms with Gasteiger partial charge in [-0.2, -0.15) is 10.2 Å². The van der Waals surface area contributed by atoms with Crippen LogP contribution in [0.1, 0.15) is 38.1 Å². The lowest BCUT2D eigenvalue weighted by atomic mass is 10.1. The van der Waals surface area contributed by atoms with E-state index in [9.17, 15) is 14.8 Å². The summed E-state index contributed by atoms with van der Waals surface area (Å²) in [5.74, 6) is 0. The maximum absolute atomic E-state index is 11.4. The van der Waals surface area contributed by atoms with E-state index in [2.05, 4.69) is 15.7 Å². The Morgan fingerprint density at radius 1 is 1.52 bits per heavy atom. The van der Waals surface area contributed by atoms with E-state index >= 15 is 0 Å². The zero-order valence-electron chi connectivity index (χ0n) is 15.9. The monoisotopic (exact) mass is 383 g/mol. The number of ether oxygens (including phenoxy) is 1. The summed E-state index contributed by atoms with van der Waals surface area (Å²) in [4.78, 5) is 24.1. The Balaban J connectivity index is 0.000000195. The van der Waals surface area contributed by atoms with Crippen molar-refractivity contribution in [2.45, 2.75) is 39.0 Å². The zero-order valence-corrected chi connectivity index (χ0v) is 15.9. The molecule has 3 heterocycles. The van der Waals surface area contributed by atoms with Crippen LogP contribution >= 0.6 is 0 Å². The van der Waals surface area contributed by atoms with Gasteiger partial charge in [0.05, 0.1) is 25.0 Å². The Bertz CT molecular complexity index is 727. The van der Waals surface area contributed by atoms with Gasteiger partial charge in [-0.05, 0) is 20.8 Å². The first kappa shape index (κ1) is 20.3. The highest BCUT2D eigenvalue weighted by Crippen LogP contribution is 2.35. The fourth-order valence-corrected chi connectivity index (χ4v) is 2.69. The summed E-state index contributed by atoms with van der Waals surface area (Å²) < 4.78 is 6.67. The molecular formula is C15H25N7O5. The lowest BCUT2D eigenvalue weighted by Gasteiger charge is -2.21. The lowest BCUT2D eigenvalue weighted by Crippen LogP contribution is -2.41. The topological polar surface area (TPSA) is 136 Å². The number of carbonyl (C=O) groups excluding carboxylic acids is 2. The molecular weight excluding hydrogens is 358 g/mol. The molecule has 1 saturated heterocycles. The van der Waals surface area contributed by atoms with Crippen LogP contribution in [0.2, 0.25) is 0 Å². The predicted molar refractivity (Wildman–Crippen MR) is 92.8 cm³/mol. The highest BCUT2D eigenvalue weighted by Gasteiger charge is 2.43. The fourth-order valence-electron chi connectivity index (χ4n) is 2.69. The van der Waals surface area contributed by atoms with Gasteiger partial charge in [-0.15, -0.1) is 0 Å². The first-order valence-corrected chi connectivity index (χ1v) is 8.21. The second kappa shape index (κ2) is 7.70. The van der Waals surface area contributed by atoms with Crippen molar-refractivity contribution in [3.05, 3.63) is 17.5 Å². The van der Waals surface area contributed by atoms with Gasteiger partial charge in [0.2, 0.25) is 0 Å². The fraction of sp³-hybridized carbons (Fsp3) is 0.600. The third kappa shape index (κ3) is 4.78. The van der Waals surface area contributed by atoms with Gasteiger partial charge in [0, 0.05) is 19.7 Å². The number of nitrogens with one attached hydrogen (secondary N) is 1. The third-order valence-electron chi connectivity index (χ3n) is 3.84. The van der Waals surface area contributed by atoms with Gasteiger partial charge >= 0.3 is 12.1 Å². The van der Waals surface area contributed by atoms with Gasteiger partial charge < -0.3 is 14.8 Å². The van der Waals surface area contributed by atoms with Crippen LogP contribution in [0.3, 0.4) is 0 Å². The minimum absolute atomic E-state index is 0.236. The Kier molecular flexibility index (Phi) is 5.78. The van der Waals surface area contributed by atoms with Crippen molar-refractivity contribution in [2.75, 3.05) is 13.6 Å². The van der Waals surface area contributed by atoms with E-state index in [0.717, 1.165) is 22.7 Å². The van der Waals surface area contributed by atoms with Crippen LogP contribution < -0.4 is 5.43 Å². The average Bonchev–Trinajstić information content (AvgIpc) is 3.02. The summed E-state index contributed by atoms with van der Waals surface area (Å²) in [6.07, 6.45) is 2.15. The van der Waals surface area contributed by atoms with Crippen molar-refractivity contribution in [1.29, 1.82) is 0 Å². The van der Waals surface area contributed by atoms with Crippen LogP contribution in [-0.2, 0) is 18.3 Å². The minimum atomic E-state index is -0.602. The minimum Gasteiger partial charge on any atom is -0.443 e. The zero-order chi connectivity index (χ0) is 20.4. The van der Waals surface area contributed by atoms with E-state index in [1.54, 1.807) is 36.5 Å². The average molecular weight is 383 g/mol. The molecule has 1 aromatic rings. The number of hydroxylamine groups is 2. The molecule has 0 aromatic carbocycles. The number of nitrogens with zero attached hydrogens (tertiary/aromatic N) is 6. The molecule has 0 aliphatic carbocycles. The molecule has 1 unspecified atom stereocenters. The number of urea groups is 1. The Morgan fingerprint density at radius 2 is 2.19 bits per heavy atom. The number of rotatable bonds is 2. The molecule has 27 heavy (non-hydrogen) atoms. The number of hydrogen-bond acceptors (Lipinski definition) is 7. The van der Waals surface area contributed by atoms with Crippen molar-refractivity contribution in [1.82, 2.24) is 30.2 Å². The van der Waals surface area contributed by atoms with Crippen molar-refractivity contribution >= 4 is 18.5 Å². The van der Waals surface area contributed by atoms with Crippen LogP contribution in [0.15, 0.2) is 11.4 Å². The Labute approximate surface area is 156 Å². The van der Waals surface area contributed by atoms with Gasteiger partial charge in [0.15, 0.2) is 0 Å². The van der Waals surface area contributed by atoms with Crippen molar-refractivity contribution < 1.29 is 24.7 Å². The molecule has 2 aliphatic rings. The van der Waals surface area contributed by atoms with E-state index in [0.29, 0.717) is 13.1 Å². The predicted octanol–water partition coefficient (Wildman–Crippen LogP) is 0.877. The summed E-state index contributed by atoms with van der Waals surface area (Å²) in [5.41, 5.74) is 3.72. The number of hydrogen-bond donors (Lipinski definition) is 3. The van der Waals surface area contributed by atoms with E-state index in [1.165, 1.54) is 12.1 Å². The molecule has 1 fully saturated rings. The molecule has 2 aliphatic heterocycles. The summed E-state index contributed by atoms with van der Waals surface area (Å²) in [6.45, 7) is 6.37. The Morgan fingerprint density at radius 3 is 2.78 bits per heavy atom. The number of aryl methyl sites for hydroxylation is 1. The molecule has 3 N–H and O–H groups in total. The largest absolute Gasteiger partial charge is 0.443 e. The normalized spacial score (nSPS) is 18.1. The number of aromatic nitrogens is 2. The van der Waals surface area contributed by atoms with Crippen molar-refractivity contribution in [2.24, 2.45) is 12.2 Å². The van der Waals surface area contributed by atoms with E-state index in [1.807, 2.05) is 7.05 Å². The van der Waals surface area contributed by atoms with E-state index in [-0.39, 0.29) is 12.1 Å². The number of fused-ring (bicyclic) bond motifs is 4. The van der Waals surface area contributed by atoms with Crippen LogP contribution in [0, 0.1) is 0 Å². The van der Waals surface area contributed by atoms with E-state index in [4.69, 9.17) is 9.94 Å². The molecule has 1 atom stereocenters. The number of amides is 3. The van der Waals surface area contributed by atoms with Crippen LogP contribution in [-0.4, -0.2) is 72.8 Å². The molecule has 0 spiro atoms. The van der Waals surface area contributed by atoms with Crippen LogP contribution in [0.5, 0.6) is 0 Å². The molecule has 0 saturated carbocycles. The molecule has 0 radical (unpaired) electrons. The SMILES string of the molecule is CN(/C=N\O)NC(=O)OC(C)(C)C.Cn1ncc2c1CN1CC2N(O)C1=O. The van der Waals surface area contributed by atoms with Crippen LogP contribution in [0.25, 0.3) is 0 Å². The maximum atomic E-state index is 11.4. The van der Waals surface area contributed by atoms with E-state index < -0.39 is 11.7 Å². The number of oxime groups is 1. The molecule has 3 amide bonds. The summed E-state index contributed by atoms with van der Waals surface area (Å²) in [7, 11) is 3.35. The molecule has 150 valence electrons. The second-order valence-electron chi connectivity index (χ2n) is 7.15. The van der Waals surface area contributed by atoms with Crippen molar-refractivity contribution in [3.8, 4) is 0 Å². The summed E-state index contributed by atoms with van der Waals surface area (Å²) >= 11 is 0. The maximum Gasteiger partial charge on any atom is 0.426 e. The summed E-state index contributed by atoms with van der Waals surface area (Å²) in [6, 6.07) is -0.550. The summed E-state index contributed by atoms with van der Waals surface area (Å²) in [5, 5.41) is 26.5. The molecule has 2 bridgehead atoms. The van der Waals surface area contributed by atoms with Gasteiger partial charge in [0.1, 0.15) is 18.0 Å². The smallest absolute Gasteiger partial charge is 0.426 e. The Hall–Kier alpha value is -3.02. The molecule has 1 aromatic heterocycles. The van der Waals surface area contributed by atoms with Gasteiger partial charge in [-0.3, -0.25) is 14.9 Å². The standard InChI is InChI=1S/C8H10N4O2.C7H15N3O3/c1-10-6-3-11-4-7(5(6)2-9-10)12(14)8(11)13;1-7(2,3)13-6(11)9-10(4)5-8-12/h2,7,14H,3-4H2,1H3;5,12H,1-4H3,(H,9,11)/b;8-5-. The first-order valence-electron chi connectivity index (χ1n) is 8.21. The van der Waals surface area contributed by atoms with Crippen LogP contribution in [0.4, 0.5) is 9.59 Å². The molecule has 3 rings (SSSR count). The quantitative estimate of drug-likeness (QED) is 0.227. The lowest BCUT2D eigenvalue weighted by molar-refractivity contribution is -0.0586. The van der Waals surface area contributed by atoms with Gasteiger partial charge in [-0.25, -0.2) is 15.0 Å². The molecule has 12 nitrogen and oxygen atoms in total. The number of carbonyl (C=O) groups is 2. The van der Waals surface area contributed by atoms with Gasteiger partial charge in [-0.1, -0.05) is 5.16 Å². The third-order valence-corrected chi connectivity index (χ3v) is 3.84. The van der Waals surface area contributed by atoms with Crippen molar-refractivity contribution in [3.63, 3.8) is 0 Å². The first-order chi connectivity index (χ1) is 12.5. The molecule has 12 heteroatoms. The highest BCUT2D eigenvalue weighted by atomic mass is 16.6. The van der Waals surface area contributed by atoms with Gasteiger partial charge in [0.25, 0.3) is 0 Å². The highest BCUT2D eigenvalue weighted by molar-refractivity contribution is 5.77. The number of hydrazine groups is 1.